The smallest absolute Gasteiger partial charge is 0.394 e. The van der Waals surface area contributed by atoms with Gasteiger partial charge in [-0.3, -0.25) is 9.59 Å². The van der Waals surface area contributed by atoms with Crippen molar-refractivity contribution >= 4 is 23.8 Å². The SMILES string of the molecule is O=C(O)C(=O)NCC(O)CNC(=O)C(=O)O. The van der Waals surface area contributed by atoms with Crippen molar-refractivity contribution in [2.75, 3.05) is 13.1 Å². The summed E-state index contributed by atoms with van der Waals surface area (Å²) in [5, 5.41) is 29.1. The zero-order valence-corrected chi connectivity index (χ0v) is 7.97. The van der Waals surface area contributed by atoms with Crippen molar-refractivity contribution in [3.63, 3.8) is 0 Å². The van der Waals surface area contributed by atoms with E-state index in [1.807, 2.05) is 10.6 Å². The fraction of sp³-hybridized carbons (Fsp3) is 0.429. The first-order valence-corrected chi connectivity index (χ1v) is 4.05. The molecule has 16 heavy (non-hydrogen) atoms. The molecular weight excluding hydrogens is 224 g/mol. The van der Waals surface area contributed by atoms with Gasteiger partial charge in [0.2, 0.25) is 0 Å². The third kappa shape index (κ3) is 5.54. The van der Waals surface area contributed by atoms with Crippen molar-refractivity contribution in [1.29, 1.82) is 0 Å². The summed E-state index contributed by atoms with van der Waals surface area (Å²) in [5.41, 5.74) is 0. The van der Waals surface area contributed by atoms with Gasteiger partial charge < -0.3 is 26.0 Å². The lowest BCUT2D eigenvalue weighted by atomic mass is 10.3. The molecule has 0 rings (SSSR count). The Bertz CT molecular complexity index is 284. The molecule has 0 saturated carbocycles. The lowest BCUT2D eigenvalue weighted by Gasteiger charge is -2.10. The molecule has 0 aliphatic carbocycles. The van der Waals surface area contributed by atoms with E-state index in [0.717, 1.165) is 0 Å². The van der Waals surface area contributed by atoms with Crippen molar-refractivity contribution in [3.05, 3.63) is 0 Å². The van der Waals surface area contributed by atoms with Crippen LogP contribution in [0.1, 0.15) is 0 Å². The van der Waals surface area contributed by atoms with Gasteiger partial charge in [0.05, 0.1) is 6.10 Å². The topological polar surface area (TPSA) is 153 Å². The fourth-order valence-electron chi connectivity index (χ4n) is 0.644. The highest BCUT2D eigenvalue weighted by Gasteiger charge is 2.15. The predicted molar refractivity (Wildman–Crippen MR) is 47.3 cm³/mol. The molecule has 9 nitrogen and oxygen atoms in total. The molecule has 0 aliphatic rings. The van der Waals surface area contributed by atoms with E-state index in [1.165, 1.54) is 0 Å². The average Bonchev–Trinajstić information content (AvgIpc) is 2.21. The second-order valence-corrected chi connectivity index (χ2v) is 2.68. The monoisotopic (exact) mass is 234 g/mol. The van der Waals surface area contributed by atoms with Crippen LogP contribution in [0.2, 0.25) is 0 Å². The highest BCUT2D eigenvalue weighted by atomic mass is 16.4. The van der Waals surface area contributed by atoms with Gasteiger partial charge in [-0.25, -0.2) is 9.59 Å². The van der Waals surface area contributed by atoms with E-state index >= 15 is 0 Å². The van der Waals surface area contributed by atoms with E-state index in [9.17, 15) is 19.2 Å². The molecule has 0 heterocycles. The van der Waals surface area contributed by atoms with Crippen molar-refractivity contribution in [2.24, 2.45) is 0 Å². The Hall–Kier alpha value is -2.16. The van der Waals surface area contributed by atoms with Crippen molar-refractivity contribution in [3.8, 4) is 0 Å². The molecule has 0 bridgehead atoms. The Kier molecular flexibility index (Phi) is 5.49. The van der Waals surface area contributed by atoms with Gasteiger partial charge in [0, 0.05) is 13.1 Å². The summed E-state index contributed by atoms with van der Waals surface area (Å²) < 4.78 is 0. The third-order valence-electron chi connectivity index (χ3n) is 1.38. The van der Waals surface area contributed by atoms with Crippen LogP contribution in [0.25, 0.3) is 0 Å². The Labute approximate surface area is 89.1 Å². The van der Waals surface area contributed by atoms with Crippen LogP contribution in [0.3, 0.4) is 0 Å². The number of carbonyl (C=O) groups is 4. The van der Waals surface area contributed by atoms with Crippen LogP contribution in [-0.4, -0.2) is 58.3 Å². The van der Waals surface area contributed by atoms with E-state index in [0.29, 0.717) is 0 Å². The number of aliphatic hydroxyl groups excluding tert-OH is 1. The quantitative estimate of drug-likeness (QED) is 0.320. The van der Waals surface area contributed by atoms with Gasteiger partial charge in [0.15, 0.2) is 0 Å². The predicted octanol–water partition coefficient (Wildman–Crippen LogP) is -3.25. The first kappa shape index (κ1) is 13.8. The first-order chi connectivity index (χ1) is 7.34. The summed E-state index contributed by atoms with van der Waals surface area (Å²) in [6, 6.07) is 0. The molecule has 0 aromatic carbocycles. The molecular formula is C7H10N2O7. The molecule has 0 aliphatic heterocycles. The van der Waals surface area contributed by atoms with Crippen LogP contribution < -0.4 is 10.6 Å². The number of nitrogens with one attached hydrogen (secondary N) is 2. The van der Waals surface area contributed by atoms with Crippen LogP contribution >= 0.6 is 0 Å². The molecule has 0 unspecified atom stereocenters. The van der Waals surface area contributed by atoms with Gasteiger partial charge in [-0.1, -0.05) is 0 Å². The molecule has 0 spiro atoms. The number of hydrogen-bond acceptors (Lipinski definition) is 5. The van der Waals surface area contributed by atoms with E-state index in [4.69, 9.17) is 15.3 Å². The van der Waals surface area contributed by atoms with Gasteiger partial charge in [0.25, 0.3) is 0 Å². The lowest BCUT2D eigenvalue weighted by Crippen LogP contribution is -2.43. The minimum absolute atomic E-state index is 0.412. The van der Waals surface area contributed by atoms with E-state index in [-0.39, 0.29) is 0 Å². The summed E-state index contributed by atoms with van der Waals surface area (Å²) in [6.07, 6.45) is -1.27. The van der Waals surface area contributed by atoms with E-state index in [1.54, 1.807) is 0 Å². The van der Waals surface area contributed by atoms with Gasteiger partial charge >= 0.3 is 23.8 Å². The van der Waals surface area contributed by atoms with Gasteiger partial charge in [-0.05, 0) is 0 Å². The second-order valence-electron chi connectivity index (χ2n) is 2.68. The number of aliphatic hydroxyl groups is 1. The number of amides is 2. The number of hydrogen-bond donors (Lipinski definition) is 5. The van der Waals surface area contributed by atoms with Gasteiger partial charge in [-0.2, -0.15) is 0 Å². The summed E-state index contributed by atoms with van der Waals surface area (Å²) >= 11 is 0. The molecule has 9 heteroatoms. The van der Waals surface area contributed by atoms with Crippen LogP contribution in [0.15, 0.2) is 0 Å². The summed E-state index contributed by atoms with van der Waals surface area (Å²) in [7, 11) is 0. The number of rotatable bonds is 4. The summed E-state index contributed by atoms with van der Waals surface area (Å²) in [5.74, 6) is -6.02. The standard InChI is InChI=1S/C7H10N2O7/c10-3(1-8-4(11)6(13)14)2-9-5(12)7(15)16/h3,10H,1-2H2,(H,8,11)(H,9,12)(H,13,14)(H,15,16). The first-order valence-electron chi connectivity index (χ1n) is 4.05. The molecule has 0 radical (unpaired) electrons. The zero-order valence-electron chi connectivity index (χ0n) is 7.97. The molecule has 2 amide bonds. The normalized spacial score (nSPS) is 9.62. The Morgan fingerprint density at radius 2 is 1.19 bits per heavy atom. The Morgan fingerprint density at radius 1 is 0.875 bits per heavy atom. The van der Waals surface area contributed by atoms with Crippen LogP contribution in [-0.2, 0) is 19.2 Å². The molecule has 0 aromatic rings. The minimum Gasteiger partial charge on any atom is -0.474 e. The minimum atomic E-state index is -1.71. The Balaban J connectivity index is 3.79. The van der Waals surface area contributed by atoms with E-state index in [2.05, 4.69) is 0 Å². The van der Waals surface area contributed by atoms with Crippen LogP contribution in [0.5, 0.6) is 0 Å². The maximum atomic E-state index is 10.5. The zero-order chi connectivity index (χ0) is 12.7. The van der Waals surface area contributed by atoms with Crippen molar-refractivity contribution < 1.29 is 34.5 Å². The summed E-state index contributed by atoms with van der Waals surface area (Å²) in [6.45, 7) is -0.823. The number of carbonyl (C=O) groups excluding carboxylic acids is 2. The summed E-state index contributed by atoms with van der Waals surface area (Å²) in [4.78, 5) is 41.0. The third-order valence-corrected chi connectivity index (χ3v) is 1.38. The molecule has 0 atom stereocenters. The largest absolute Gasteiger partial charge is 0.474 e. The second kappa shape index (κ2) is 6.35. The molecule has 5 N–H and O–H groups in total. The van der Waals surface area contributed by atoms with E-state index < -0.39 is 42.9 Å². The highest BCUT2D eigenvalue weighted by molar-refractivity contribution is 6.31. The number of carboxylic acid groups (broad SMARTS) is 2. The van der Waals surface area contributed by atoms with Crippen molar-refractivity contribution in [1.82, 2.24) is 10.6 Å². The molecule has 0 saturated heterocycles. The fourth-order valence-corrected chi connectivity index (χ4v) is 0.644. The van der Waals surface area contributed by atoms with Crippen molar-refractivity contribution in [2.45, 2.75) is 6.10 Å². The molecule has 0 aromatic heterocycles. The maximum absolute atomic E-state index is 10.5. The Morgan fingerprint density at radius 3 is 1.44 bits per heavy atom. The van der Waals surface area contributed by atoms with Crippen LogP contribution in [0, 0.1) is 0 Å². The highest BCUT2D eigenvalue weighted by Crippen LogP contribution is 1.79. The van der Waals surface area contributed by atoms with Gasteiger partial charge in [-0.15, -0.1) is 0 Å². The average molecular weight is 234 g/mol. The van der Waals surface area contributed by atoms with Crippen LogP contribution in [0.4, 0.5) is 0 Å². The molecule has 90 valence electrons. The molecule has 0 fully saturated rings. The maximum Gasteiger partial charge on any atom is 0.394 e. The number of carboxylic acids is 2. The number of aliphatic carboxylic acids is 2. The van der Waals surface area contributed by atoms with Gasteiger partial charge in [0.1, 0.15) is 0 Å². The lowest BCUT2D eigenvalue weighted by molar-refractivity contribution is -0.150.